The van der Waals surface area contributed by atoms with Gasteiger partial charge in [-0.2, -0.15) is 0 Å². The molecular weight excluding hydrogens is 308 g/mol. The van der Waals surface area contributed by atoms with Gasteiger partial charge in [-0.05, 0) is 11.1 Å². The first-order valence-electron chi connectivity index (χ1n) is 8.94. The first kappa shape index (κ1) is 17.5. The van der Waals surface area contributed by atoms with Gasteiger partial charge < -0.3 is 0 Å². The van der Waals surface area contributed by atoms with Crippen molar-refractivity contribution in [3.05, 3.63) is 71.8 Å². The Balaban J connectivity index is 1.31. The molecule has 1 heterocycles. The second-order valence-electron chi connectivity index (χ2n) is 6.27. The van der Waals surface area contributed by atoms with Crippen LogP contribution in [0.1, 0.15) is 11.1 Å². The molecule has 0 spiro atoms. The maximum Gasteiger partial charge on any atom is 0.0517 e. The molecule has 0 unspecified atom stereocenters. The van der Waals surface area contributed by atoms with Gasteiger partial charge in [0, 0.05) is 38.6 Å². The summed E-state index contributed by atoms with van der Waals surface area (Å²) in [6.07, 6.45) is 3.93. The summed E-state index contributed by atoms with van der Waals surface area (Å²) in [6.45, 7) is 7.04. The van der Waals surface area contributed by atoms with Crippen molar-refractivity contribution in [2.75, 3.05) is 45.9 Å². The van der Waals surface area contributed by atoms with Crippen LogP contribution < -0.4 is 0 Å². The highest BCUT2D eigenvalue weighted by Crippen LogP contribution is 2.04. The molecule has 0 radical (unpaired) electrons. The molecular formula is C21H26N4. The van der Waals surface area contributed by atoms with Crippen LogP contribution in [0.3, 0.4) is 0 Å². The Morgan fingerprint density at radius 3 is 1.56 bits per heavy atom. The molecule has 1 aliphatic heterocycles. The zero-order valence-corrected chi connectivity index (χ0v) is 14.7. The average molecular weight is 334 g/mol. The summed E-state index contributed by atoms with van der Waals surface area (Å²) < 4.78 is 0. The van der Waals surface area contributed by atoms with Crippen LogP contribution in [-0.4, -0.2) is 68.2 Å². The van der Waals surface area contributed by atoms with E-state index >= 15 is 0 Å². The Bertz CT molecular complexity index is 607. The van der Waals surface area contributed by atoms with Gasteiger partial charge in [0.1, 0.15) is 0 Å². The van der Waals surface area contributed by atoms with E-state index in [1.54, 1.807) is 0 Å². The highest BCUT2D eigenvalue weighted by atomic mass is 15.4. The van der Waals surface area contributed by atoms with Crippen LogP contribution in [0.25, 0.3) is 0 Å². The Morgan fingerprint density at radius 1 is 0.680 bits per heavy atom. The maximum absolute atomic E-state index is 4.53. The van der Waals surface area contributed by atoms with E-state index in [1.165, 1.54) is 11.1 Å². The van der Waals surface area contributed by atoms with Gasteiger partial charge in [0.25, 0.3) is 0 Å². The number of hydrogen-bond donors (Lipinski definition) is 0. The van der Waals surface area contributed by atoms with Gasteiger partial charge in [0.05, 0.1) is 19.8 Å². The van der Waals surface area contributed by atoms with E-state index in [0.29, 0.717) is 0 Å². The van der Waals surface area contributed by atoms with Crippen LogP contribution in [-0.2, 0) is 0 Å². The van der Waals surface area contributed by atoms with Crippen LogP contribution in [0.15, 0.2) is 70.6 Å². The van der Waals surface area contributed by atoms with Crippen LogP contribution in [0, 0.1) is 0 Å². The Kier molecular flexibility index (Phi) is 6.91. The molecule has 0 atom stereocenters. The number of hydrogen-bond acceptors (Lipinski definition) is 4. The van der Waals surface area contributed by atoms with E-state index in [2.05, 4.69) is 44.1 Å². The maximum atomic E-state index is 4.53. The SMILES string of the molecule is C(=NCCN1CCN(CCN=Cc2ccccc2)C1)c1ccccc1. The Hall–Kier alpha value is -2.30. The lowest BCUT2D eigenvalue weighted by Gasteiger charge is -2.16. The molecule has 2 aromatic carbocycles. The van der Waals surface area contributed by atoms with Gasteiger partial charge in [-0.3, -0.25) is 19.8 Å². The fourth-order valence-electron chi connectivity index (χ4n) is 2.89. The van der Waals surface area contributed by atoms with Gasteiger partial charge in [0.15, 0.2) is 0 Å². The number of aliphatic imine (C=N–C) groups is 2. The van der Waals surface area contributed by atoms with Crippen LogP contribution in [0.2, 0.25) is 0 Å². The Morgan fingerprint density at radius 2 is 1.12 bits per heavy atom. The summed E-state index contributed by atoms with van der Waals surface area (Å²) in [5.41, 5.74) is 2.34. The molecule has 0 bridgehead atoms. The summed E-state index contributed by atoms with van der Waals surface area (Å²) in [5, 5.41) is 0. The van der Waals surface area contributed by atoms with Crippen molar-refractivity contribution >= 4 is 12.4 Å². The minimum absolute atomic E-state index is 0.856. The predicted molar refractivity (Wildman–Crippen MR) is 106 cm³/mol. The zero-order valence-electron chi connectivity index (χ0n) is 14.7. The molecule has 0 aromatic heterocycles. The highest BCUT2D eigenvalue weighted by molar-refractivity contribution is 5.79. The molecule has 1 fully saturated rings. The van der Waals surface area contributed by atoms with Gasteiger partial charge in [0.2, 0.25) is 0 Å². The van der Waals surface area contributed by atoms with Crippen molar-refractivity contribution < 1.29 is 0 Å². The first-order valence-corrected chi connectivity index (χ1v) is 8.94. The van der Waals surface area contributed by atoms with Crippen LogP contribution in [0.5, 0.6) is 0 Å². The van der Waals surface area contributed by atoms with Crippen molar-refractivity contribution in [1.82, 2.24) is 9.80 Å². The van der Waals surface area contributed by atoms with Crippen LogP contribution >= 0.6 is 0 Å². The van der Waals surface area contributed by atoms with Gasteiger partial charge in [-0.25, -0.2) is 0 Å². The smallest absolute Gasteiger partial charge is 0.0517 e. The normalized spacial score (nSPS) is 16.3. The number of nitrogens with zero attached hydrogens (tertiary/aromatic N) is 4. The van der Waals surface area contributed by atoms with E-state index in [1.807, 2.05) is 48.8 Å². The van der Waals surface area contributed by atoms with Crippen LogP contribution in [0.4, 0.5) is 0 Å². The summed E-state index contributed by atoms with van der Waals surface area (Å²) >= 11 is 0. The monoisotopic (exact) mass is 334 g/mol. The summed E-state index contributed by atoms with van der Waals surface area (Å²) in [5.74, 6) is 0. The fourth-order valence-corrected chi connectivity index (χ4v) is 2.89. The fraction of sp³-hybridized carbons (Fsp3) is 0.333. The van der Waals surface area contributed by atoms with Gasteiger partial charge >= 0.3 is 0 Å². The third-order valence-corrected chi connectivity index (χ3v) is 4.30. The van der Waals surface area contributed by atoms with Gasteiger partial charge in [-0.1, -0.05) is 60.7 Å². The first-order chi connectivity index (χ1) is 12.4. The molecule has 25 heavy (non-hydrogen) atoms. The lowest BCUT2D eigenvalue weighted by Crippen LogP contribution is -2.29. The standard InChI is InChI=1S/C21H26N4/c1-3-7-20(8-4-1)17-22-11-13-24-15-16-25(19-24)14-12-23-18-21-9-5-2-6-10-21/h1-10,17-18H,11-16,19H2. The lowest BCUT2D eigenvalue weighted by molar-refractivity contribution is 0.255. The number of benzene rings is 2. The van der Waals surface area contributed by atoms with E-state index in [4.69, 9.17) is 0 Å². The molecule has 4 nitrogen and oxygen atoms in total. The molecule has 0 N–H and O–H groups in total. The summed E-state index contributed by atoms with van der Waals surface area (Å²) in [7, 11) is 0. The molecule has 3 rings (SSSR count). The van der Waals surface area contributed by atoms with Crippen molar-refractivity contribution in [3.8, 4) is 0 Å². The van der Waals surface area contributed by atoms with E-state index in [9.17, 15) is 0 Å². The lowest BCUT2D eigenvalue weighted by atomic mass is 10.2. The summed E-state index contributed by atoms with van der Waals surface area (Å²) in [6, 6.07) is 20.5. The molecule has 0 saturated carbocycles. The third-order valence-electron chi connectivity index (χ3n) is 4.30. The minimum Gasteiger partial charge on any atom is -0.291 e. The highest BCUT2D eigenvalue weighted by Gasteiger charge is 2.18. The van der Waals surface area contributed by atoms with E-state index in [0.717, 1.165) is 45.9 Å². The van der Waals surface area contributed by atoms with Crippen molar-refractivity contribution in [1.29, 1.82) is 0 Å². The number of rotatable bonds is 8. The quantitative estimate of drug-likeness (QED) is 0.695. The molecule has 130 valence electrons. The largest absolute Gasteiger partial charge is 0.291 e. The molecule has 1 aliphatic rings. The van der Waals surface area contributed by atoms with Crippen molar-refractivity contribution in [3.63, 3.8) is 0 Å². The average Bonchev–Trinajstić information content (AvgIpc) is 3.12. The predicted octanol–water partition coefficient (Wildman–Crippen LogP) is 2.80. The summed E-state index contributed by atoms with van der Waals surface area (Å²) in [4.78, 5) is 14.0. The topological polar surface area (TPSA) is 31.2 Å². The zero-order chi connectivity index (χ0) is 17.2. The molecule has 0 aliphatic carbocycles. The Labute approximate surface area is 150 Å². The second-order valence-corrected chi connectivity index (χ2v) is 6.27. The molecule has 0 amide bonds. The van der Waals surface area contributed by atoms with Crippen molar-refractivity contribution in [2.45, 2.75) is 0 Å². The molecule has 4 heteroatoms. The second kappa shape index (κ2) is 9.87. The van der Waals surface area contributed by atoms with E-state index in [-0.39, 0.29) is 0 Å². The molecule has 2 aromatic rings. The third kappa shape index (κ3) is 6.25. The van der Waals surface area contributed by atoms with Crippen molar-refractivity contribution in [2.24, 2.45) is 9.98 Å². The van der Waals surface area contributed by atoms with E-state index < -0.39 is 0 Å². The van der Waals surface area contributed by atoms with Gasteiger partial charge in [-0.15, -0.1) is 0 Å². The minimum atomic E-state index is 0.856. The molecule has 1 saturated heterocycles.